The number of nitrogens with one attached hydrogen (secondary N) is 1. The zero-order valence-corrected chi connectivity index (χ0v) is 20.9. The summed E-state index contributed by atoms with van der Waals surface area (Å²) in [6, 6.07) is 4.24. The number of amidine groups is 1. The molecule has 1 saturated carbocycles. The van der Waals surface area contributed by atoms with E-state index < -0.39 is 22.0 Å². The first-order valence-electron chi connectivity index (χ1n) is 11.7. The van der Waals surface area contributed by atoms with E-state index >= 15 is 4.39 Å². The lowest BCUT2D eigenvalue weighted by atomic mass is 9.85. The molecule has 0 radical (unpaired) electrons. The van der Waals surface area contributed by atoms with Crippen LogP contribution in [0.1, 0.15) is 29.4 Å². The van der Waals surface area contributed by atoms with Crippen LogP contribution in [0.5, 0.6) is 5.88 Å². The van der Waals surface area contributed by atoms with Crippen LogP contribution in [0, 0.1) is 24.1 Å². The fourth-order valence-electron chi connectivity index (χ4n) is 4.90. The molecule has 2 fully saturated rings. The Morgan fingerprint density at radius 3 is 2.84 bits per heavy atom. The standard InChI is InChI=1S/C25H25FN6O4S/c1-3-8-36-20-14-28-18(13-29-20)21(33)30-15-4-5-17(26)16(11-15)24(2)19-12-25(19,37-23(27)31-24)22(34)32-6-9-35-10-7-32/h1,4-5,11,13-14,19H,6-10,12H2,2H3,(H2,27,31)(H,30,33)/t19-,24-,25-/m0/s1. The van der Waals surface area contributed by atoms with Crippen molar-refractivity contribution in [1.29, 1.82) is 0 Å². The van der Waals surface area contributed by atoms with Gasteiger partial charge < -0.3 is 25.4 Å². The van der Waals surface area contributed by atoms with Crippen molar-refractivity contribution in [3.63, 3.8) is 0 Å². The summed E-state index contributed by atoms with van der Waals surface area (Å²) in [7, 11) is 0. The number of aliphatic imine (C=N–C) groups is 1. The Balaban J connectivity index is 1.38. The minimum Gasteiger partial charge on any atom is -0.463 e. The number of carbonyl (C=O) groups is 2. The van der Waals surface area contributed by atoms with E-state index in [1.54, 1.807) is 11.8 Å². The zero-order valence-electron chi connectivity index (χ0n) is 20.1. The van der Waals surface area contributed by atoms with Crippen LogP contribution in [-0.4, -0.2) is 69.5 Å². The molecule has 3 aliphatic rings. The summed E-state index contributed by atoms with van der Waals surface area (Å²) in [5.41, 5.74) is 5.74. The summed E-state index contributed by atoms with van der Waals surface area (Å²) in [5, 5.41) is 2.94. The number of carbonyl (C=O) groups excluding carboxylic acids is 2. The van der Waals surface area contributed by atoms with Crippen LogP contribution in [0.4, 0.5) is 10.1 Å². The largest absolute Gasteiger partial charge is 0.463 e. The molecular weight excluding hydrogens is 499 g/mol. The third-order valence-corrected chi connectivity index (χ3v) is 8.10. The van der Waals surface area contributed by atoms with Crippen LogP contribution in [0.25, 0.3) is 0 Å². The maximum atomic E-state index is 15.2. The Kier molecular flexibility index (Phi) is 6.51. The number of amides is 2. The topological polar surface area (TPSA) is 132 Å². The van der Waals surface area contributed by atoms with Gasteiger partial charge in [0.1, 0.15) is 16.3 Å². The van der Waals surface area contributed by atoms with E-state index in [-0.39, 0.29) is 40.7 Å². The van der Waals surface area contributed by atoms with E-state index in [2.05, 4.69) is 26.2 Å². The van der Waals surface area contributed by atoms with Crippen molar-refractivity contribution in [1.82, 2.24) is 14.9 Å². The number of nitrogens with zero attached hydrogens (tertiary/aromatic N) is 4. The van der Waals surface area contributed by atoms with Gasteiger partial charge in [0.25, 0.3) is 5.91 Å². The fraction of sp³-hybridized carbons (Fsp3) is 0.400. The highest BCUT2D eigenvalue weighted by atomic mass is 32.2. The first-order chi connectivity index (χ1) is 17.8. The molecule has 2 aliphatic heterocycles. The molecule has 2 aromatic rings. The molecule has 3 heterocycles. The lowest BCUT2D eigenvalue weighted by Gasteiger charge is -2.37. The summed E-state index contributed by atoms with van der Waals surface area (Å²) in [5.74, 6) is 1.19. The van der Waals surface area contributed by atoms with Gasteiger partial charge in [0.15, 0.2) is 11.8 Å². The maximum Gasteiger partial charge on any atom is 0.275 e. The molecule has 1 aromatic heterocycles. The second-order valence-corrected chi connectivity index (χ2v) is 10.5. The number of hydrogen-bond donors (Lipinski definition) is 2. The number of fused-ring (bicyclic) bond motifs is 1. The highest BCUT2D eigenvalue weighted by Gasteiger charge is 2.71. The van der Waals surface area contributed by atoms with Crippen molar-refractivity contribution in [2.75, 3.05) is 38.2 Å². The number of halogens is 1. The Labute approximate surface area is 217 Å². The normalized spacial score (nSPS) is 26.4. The van der Waals surface area contributed by atoms with Crippen molar-refractivity contribution in [2.24, 2.45) is 16.6 Å². The molecule has 5 rings (SSSR count). The smallest absolute Gasteiger partial charge is 0.275 e. The Morgan fingerprint density at radius 1 is 1.35 bits per heavy atom. The van der Waals surface area contributed by atoms with E-state index in [0.717, 1.165) is 0 Å². The van der Waals surface area contributed by atoms with Crippen molar-refractivity contribution in [2.45, 2.75) is 23.6 Å². The molecular formula is C25H25FN6O4S. The van der Waals surface area contributed by atoms with E-state index in [9.17, 15) is 9.59 Å². The van der Waals surface area contributed by atoms with Gasteiger partial charge in [0.05, 0.1) is 31.1 Å². The summed E-state index contributed by atoms with van der Waals surface area (Å²) in [6.45, 7) is 3.81. The molecule has 0 unspecified atom stereocenters. The first-order valence-corrected chi connectivity index (χ1v) is 12.5. The number of hydrogen-bond acceptors (Lipinski definition) is 9. The second-order valence-electron chi connectivity index (χ2n) is 9.13. The molecule has 1 saturated heterocycles. The fourth-order valence-corrected chi connectivity index (χ4v) is 6.34. The number of thioether (sulfide) groups is 1. The first kappa shape index (κ1) is 25.0. The number of nitrogens with two attached hydrogens (primary N) is 1. The zero-order chi connectivity index (χ0) is 26.2. The van der Waals surface area contributed by atoms with Gasteiger partial charge in [-0.2, -0.15) is 0 Å². The average molecular weight is 525 g/mol. The lowest BCUT2D eigenvalue weighted by Crippen LogP contribution is -2.49. The summed E-state index contributed by atoms with van der Waals surface area (Å²) >= 11 is 1.25. The lowest BCUT2D eigenvalue weighted by molar-refractivity contribution is -0.135. The average Bonchev–Trinajstić information content (AvgIpc) is 3.65. The maximum absolute atomic E-state index is 15.2. The van der Waals surface area contributed by atoms with Gasteiger partial charge in [0, 0.05) is 30.3 Å². The summed E-state index contributed by atoms with van der Waals surface area (Å²) in [6.07, 6.45) is 8.22. The summed E-state index contributed by atoms with van der Waals surface area (Å²) < 4.78 is 25.0. The molecule has 192 valence electrons. The monoisotopic (exact) mass is 524 g/mol. The van der Waals surface area contributed by atoms with E-state index in [1.807, 2.05) is 0 Å². The third kappa shape index (κ3) is 4.60. The molecule has 1 aromatic carbocycles. The molecule has 0 bridgehead atoms. The number of ether oxygens (including phenoxy) is 2. The highest BCUT2D eigenvalue weighted by molar-refractivity contribution is 8.15. The van der Waals surface area contributed by atoms with Gasteiger partial charge in [0.2, 0.25) is 11.8 Å². The van der Waals surface area contributed by atoms with Crippen molar-refractivity contribution in [3.05, 3.63) is 47.7 Å². The SMILES string of the molecule is C#CCOc1cnc(C(=O)Nc2ccc(F)c([C@]3(C)N=C(N)S[C@@]4(C(=O)N5CCOCC5)C[C@@H]34)c2)cn1. The van der Waals surface area contributed by atoms with Gasteiger partial charge >= 0.3 is 0 Å². The Morgan fingerprint density at radius 2 is 2.14 bits per heavy atom. The number of benzene rings is 1. The van der Waals surface area contributed by atoms with Crippen molar-refractivity contribution < 1.29 is 23.5 Å². The minimum absolute atomic E-state index is 0.0204. The van der Waals surface area contributed by atoms with Gasteiger partial charge in [-0.05, 0) is 31.5 Å². The van der Waals surface area contributed by atoms with Gasteiger partial charge in [-0.15, -0.1) is 6.42 Å². The van der Waals surface area contributed by atoms with Crippen LogP contribution in [0.3, 0.4) is 0 Å². The Hall–Kier alpha value is -3.69. The molecule has 1 aliphatic carbocycles. The van der Waals surface area contributed by atoms with E-state index in [1.165, 1.54) is 42.4 Å². The molecule has 0 spiro atoms. The molecule has 10 nitrogen and oxygen atoms in total. The summed E-state index contributed by atoms with van der Waals surface area (Å²) in [4.78, 5) is 40.7. The van der Waals surface area contributed by atoms with E-state index in [0.29, 0.717) is 38.4 Å². The van der Waals surface area contributed by atoms with Crippen molar-refractivity contribution >= 4 is 34.4 Å². The van der Waals surface area contributed by atoms with Crippen LogP contribution in [0.15, 0.2) is 35.6 Å². The Bertz CT molecular complexity index is 1310. The van der Waals surface area contributed by atoms with Crippen LogP contribution < -0.4 is 15.8 Å². The molecule has 12 heteroatoms. The third-order valence-electron chi connectivity index (χ3n) is 6.81. The predicted molar refractivity (Wildman–Crippen MR) is 136 cm³/mol. The molecule has 37 heavy (non-hydrogen) atoms. The van der Waals surface area contributed by atoms with Gasteiger partial charge in [-0.25, -0.2) is 14.4 Å². The molecule has 2 amide bonds. The quantitative estimate of drug-likeness (QED) is 0.547. The van der Waals surface area contributed by atoms with Gasteiger partial charge in [-0.3, -0.25) is 14.6 Å². The van der Waals surface area contributed by atoms with Crippen LogP contribution in [0.2, 0.25) is 0 Å². The van der Waals surface area contributed by atoms with Crippen LogP contribution >= 0.6 is 11.8 Å². The molecule has 3 N–H and O–H groups in total. The van der Waals surface area contributed by atoms with Gasteiger partial charge in [-0.1, -0.05) is 17.7 Å². The van der Waals surface area contributed by atoms with E-state index in [4.69, 9.17) is 21.6 Å². The number of terminal acetylenes is 1. The van der Waals surface area contributed by atoms with Crippen LogP contribution in [-0.2, 0) is 15.1 Å². The number of morpholine rings is 1. The number of aromatic nitrogens is 2. The minimum atomic E-state index is -1.09. The highest BCUT2D eigenvalue weighted by Crippen LogP contribution is 2.66. The second kappa shape index (κ2) is 9.64. The van der Waals surface area contributed by atoms with Crippen molar-refractivity contribution in [3.8, 4) is 18.2 Å². The number of rotatable bonds is 6. The number of anilines is 1. The predicted octanol–water partition coefficient (Wildman–Crippen LogP) is 1.77. The molecule has 3 atom stereocenters.